The molecule has 1 saturated heterocycles. The first-order valence-corrected chi connectivity index (χ1v) is 14.2. The van der Waals surface area contributed by atoms with E-state index in [0.717, 1.165) is 43.0 Å². The quantitative estimate of drug-likeness (QED) is 0.158. The van der Waals surface area contributed by atoms with Gasteiger partial charge in [-0.15, -0.1) is 11.3 Å². The average molecular weight is 547 g/mol. The number of carbonyl (C=O) groups excluding carboxylic acids is 1. The van der Waals surface area contributed by atoms with Gasteiger partial charge in [0.05, 0.1) is 4.88 Å². The molecular formula is C30H38N6O2S. The van der Waals surface area contributed by atoms with Crippen molar-refractivity contribution >= 4 is 28.8 Å². The van der Waals surface area contributed by atoms with Crippen molar-refractivity contribution < 1.29 is 9.53 Å². The number of nitrogens with one attached hydrogen (secondary N) is 3. The van der Waals surface area contributed by atoms with Gasteiger partial charge in [-0.25, -0.2) is 0 Å². The van der Waals surface area contributed by atoms with Crippen molar-refractivity contribution in [2.75, 3.05) is 25.5 Å². The Morgan fingerprint density at radius 2 is 1.95 bits per heavy atom. The molecule has 1 aliphatic heterocycles. The molecule has 9 heteroatoms. The number of ether oxygens (including phenoxy) is 1. The number of benzene rings is 2. The summed E-state index contributed by atoms with van der Waals surface area (Å²) in [6, 6.07) is 21.9. The van der Waals surface area contributed by atoms with E-state index in [1.54, 1.807) is 6.92 Å². The third-order valence-electron chi connectivity index (χ3n) is 6.72. The predicted octanol–water partition coefficient (Wildman–Crippen LogP) is 4.67. The van der Waals surface area contributed by atoms with E-state index < -0.39 is 6.23 Å². The minimum atomic E-state index is -0.553. The Labute approximate surface area is 235 Å². The molecule has 2 atom stereocenters. The van der Waals surface area contributed by atoms with Crippen LogP contribution in [0.3, 0.4) is 0 Å². The molecule has 1 amide bonds. The highest BCUT2D eigenvalue weighted by molar-refractivity contribution is 7.12. The summed E-state index contributed by atoms with van der Waals surface area (Å²) < 4.78 is 5.31. The van der Waals surface area contributed by atoms with Crippen molar-refractivity contribution in [2.24, 2.45) is 5.73 Å². The Bertz CT molecular complexity index is 1220. The molecule has 2 unspecified atom stereocenters. The minimum Gasteiger partial charge on any atom is -0.459 e. The molecule has 1 fully saturated rings. The Balaban J connectivity index is 1.45. The number of anilines is 1. The van der Waals surface area contributed by atoms with E-state index in [-0.39, 0.29) is 24.0 Å². The molecule has 0 bridgehead atoms. The molecule has 206 valence electrons. The third-order valence-corrected chi connectivity index (χ3v) is 7.58. The number of nitrogens with two attached hydrogens (primary N) is 1. The number of hydrogen-bond acceptors (Lipinski definition) is 8. The standard InChI is InChI=1S/C30H38N6O2S/c1-22(31)38-29(32)24-10-6-11-25(20-24)34-16-13-28(33-2)36(30(37)27-12-7-19-39-27)26-14-17-35(18-15-26)21-23-8-4-3-5-9-23/h3-13,16,19-20,22,26,28,32-34H,14-15,17-18,21,31H2,1-2H3/b16-13-,32-29?. The van der Waals surface area contributed by atoms with Crippen LogP contribution in [0.4, 0.5) is 5.69 Å². The van der Waals surface area contributed by atoms with Crippen LogP contribution < -0.4 is 16.4 Å². The monoisotopic (exact) mass is 546 g/mol. The van der Waals surface area contributed by atoms with E-state index in [2.05, 4.69) is 39.8 Å². The van der Waals surface area contributed by atoms with Gasteiger partial charge < -0.3 is 15.0 Å². The van der Waals surface area contributed by atoms with Gasteiger partial charge in [0.1, 0.15) is 12.4 Å². The van der Waals surface area contributed by atoms with Gasteiger partial charge in [-0.05, 0) is 68.1 Å². The highest BCUT2D eigenvalue weighted by atomic mass is 32.1. The van der Waals surface area contributed by atoms with Crippen LogP contribution in [0.25, 0.3) is 0 Å². The number of piperidine rings is 1. The fraction of sp³-hybridized carbons (Fsp3) is 0.333. The first kappa shape index (κ1) is 28.5. The van der Waals surface area contributed by atoms with E-state index in [9.17, 15) is 4.79 Å². The average Bonchev–Trinajstić information content (AvgIpc) is 3.49. The molecule has 0 saturated carbocycles. The Morgan fingerprint density at radius 1 is 1.18 bits per heavy atom. The van der Waals surface area contributed by atoms with Gasteiger partial charge in [-0.3, -0.25) is 26.2 Å². The van der Waals surface area contributed by atoms with Crippen LogP contribution in [0, 0.1) is 5.41 Å². The molecule has 2 heterocycles. The van der Waals surface area contributed by atoms with Crippen molar-refractivity contribution in [3.63, 3.8) is 0 Å². The number of likely N-dealkylation sites (tertiary alicyclic amines) is 1. The van der Waals surface area contributed by atoms with E-state index in [4.69, 9.17) is 15.9 Å². The van der Waals surface area contributed by atoms with Gasteiger partial charge in [-0.1, -0.05) is 42.5 Å². The predicted molar refractivity (Wildman–Crippen MR) is 159 cm³/mol. The summed E-state index contributed by atoms with van der Waals surface area (Å²) in [6.45, 7) is 4.49. The van der Waals surface area contributed by atoms with Crippen molar-refractivity contribution in [3.8, 4) is 0 Å². The maximum atomic E-state index is 13.7. The van der Waals surface area contributed by atoms with Crippen LogP contribution in [-0.2, 0) is 11.3 Å². The molecule has 0 aliphatic carbocycles. The van der Waals surface area contributed by atoms with Crippen molar-refractivity contribution in [1.82, 2.24) is 15.1 Å². The van der Waals surface area contributed by atoms with Crippen molar-refractivity contribution in [3.05, 3.63) is 100 Å². The van der Waals surface area contributed by atoms with Gasteiger partial charge in [0.25, 0.3) is 5.91 Å². The molecule has 0 radical (unpaired) electrons. The van der Waals surface area contributed by atoms with Crippen LogP contribution in [-0.4, -0.2) is 60.2 Å². The molecule has 1 aromatic heterocycles. The third kappa shape index (κ3) is 8.00. The van der Waals surface area contributed by atoms with E-state index in [1.807, 2.05) is 72.1 Å². The summed E-state index contributed by atoms with van der Waals surface area (Å²) in [6.07, 6.45) is 4.79. The summed E-state index contributed by atoms with van der Waals surface area (Å²) in [5.74, 6) is 0.0658. The molecule has 3 aromatic rings. The SMILES string of the molecule is CNC(/C=C\Nc1cccc(C(=N)OC(C)N)c1)N(C(=O)c1cccs1)C1CCN(Cc2ccccc2)CC1. The highest BCUT2D eigenvalue weighted by Gasteiger charge is 2.32. The minimum absolute atomic E-state index is 0.0251. The highest BCUT2D eigenvalue weighted by Crippen LogP contribution is 2.24. The number of nitrogens with zero attached hydrogens (tertiary/aromatic N) is 2. The first-order valence-electron chi connectivity index (χ1n) is 13.3. The molecular weight excluding hydrogens is 508 g/mol. The van der Waals surface area contributed by atoms with Crippen LogP contribution >= 0.6 is 11.3 Å². The van der Waals surface area contributed by atoms with Crippen LogP contribution in [0.1, 0.15) is 40.6 Å². The van der Waals surface area contributed by atoms with Crippen molar-refractivity contribution in [1.29, 1.82) is 5.41 Å². The maximum absolute atomic E-state index is 13.7. The smallest absolute Gasteiger partial charge is 0.265 e. The number of rotatable bonds is 11. The maximum Gasteiger partial charge on any atom is 0.265 e. The normalized spacial score (nSPS) is 16.1. The number of thiophene rings is 1. The largest absolute Gasteiger partial charge is 0.459 e. The molecule has 4 rings (SSSR count). The van der Waals surface area contributed by atoms with E-state index in [0.29, 0.717) is 5.56 Å². The first-order chi connectivity index (χ1) is 18.9. The Hall–Kier alpha value is -3.50. The molecule has 1 aliphatic rings. The van der Waals surface area contributed by atoms with Gasteiger partial charge >= 0.3 is 0 Å². The summed E-state index contributed by atoms with van der Waals surface area (Å²) in [5, 5.41) is 16.6. The van der Waals surface area contributed by atoms with Gasteiger partial charge in [0.15, 0.2) is 0 Å². The van der Waals surface area contributed by atoms with Gasteiger partial charge in [-0.2, -0.15) is 0 Å². The summed E-state index contributed by atoms with van der Waals surface area (Å²) in [7, 11) is 1.88. The number of likely N-dealkylation sites (N-methyl/N-ethyl adjacent to an activating group) is 1. The second-order valence-electron chi connectivity index (χ2n) is 9.65. The lowest BCUT2D eigenvalue weighted by Crippen LogP contribution is -2.54. The number of carbonyl (C=O) groups is 1. The summed E-state index contributed by atoms with van der Waals surface area (Å²) >= 11 is 1.47. The zero-order valence-electron chi connectivity index (χ0n) is 22.5. The lowest BCUT2D eigenvalue weighted by Gasteiger charge is -2.41. The van der Waals surface area contributed by atoms with Crippen molar-refractivity contribution in [2.45, 2.75) is 44.7 Å². The zero-order chi connectivity index (χ0) is 27.6. The van der Waals surface area contributed by atoms with Crippen LogP contribution in [0.5, 0.6) is 0 Å². The Kier molecular flexibility index (Phi) is 10.3. The molecule has 8 nitrogen and oxygen atoms in total. The van der Waals surface area contributed by atoms with Crippen LogP contribution in [0.15, 0.2) is 84.4 Å². The van der Waals surface area contributed by atoms with E-state index >= 15 is 0 Å². The molecule has 5 N–H and O–H groups in total. The fourth-order valence-electron chi connectivity index (χ4n) is 4.81. The number of hydrogen-bond donors (Lipinski definition) is 4. The van der Waals surface area contributed by atoms with Gasteiger partial charge in [0, 0.05) is 43.1 Å². The van der Waals surface area contributed by atoms with E-state index in [1.165, 1.54) is 16.9 Å². The summed E-state index contributed by atoms with van der Waals surface area (Å²) in [4.78, 5) is 18.9. The Morgan fingerprint density at radius 3 is 2.62 bits per heavy atom. The number of amides is 1. The lowest BCUT2D eigenvalue weighted by molar-refractivity contribution is 0.0461. The zero-order valence-corrected chi connectivity index (χ0v) is 23.4. The second-order valence-corrected chi connectivity index (χ2v) is 10.6. The van der Waals surface area contributed by atoms with Crippen LogP contribution in [0.2, 0.25) is 0 Å². The molecule has 39 heavy (non-hydrogen) atoms. The topological polar surface area (TPSA) is 107 Å². The lowest BCUT2D eigenvalue weighted by atomic mass is 10.0. The molecule has 0 spiro atoms. The summed E-state index contributed by atoms with van der Waals surface area (Å²) in [5.41, 5.74) is 8.41. The fourth-order valence-corrected chi connectivity index (χ4v) is 5.48. The second kappa shape index (κ2) is 14.0. The van der Waals surface area contributed by atoms with Gasteiger partial charge in [0.2, 0.25) is 5.90 Å². The molecule has 2 aromatic carbocycles.